The van der Waals surface area contributed by atoms with Gasteiger partial charge in [-0.2, -0.15) is 16.9 Å². The van der Waals surface area contributed by atoms with Crippen LogP contribution in [0.3, 0.4) is 0 Å². The van der Waals surface area contributed by atoms with Gasteiger partial charge in [0.05, 0.1) is 12.3 Å². The lowest BCUT2D eigenvalue weighted by Crippen LogP contribution is -2.04. The Bertz CT molecular complexity index is 286. The lowest BCUT2D eigenvalue weighted by atomic mass is 10.3. The minimum absolute atomic E-state index is 0.239. The molecule has 0 aliphatic carbocycles. The summed E-state index contributed by atoms with van der Waals surface area (Å²) < 4.78 is 1.93. The molecule has 1 heterocycles. The van der Waals surface area contributed by atoms with Gasteiger partial charge in [0.15, 0.2) is 0 Å². The quantitative estimate of drug-likeness (QED) is 0.809. The fourth-order valence-electron chi connectivity index (χ4n) is 1.16. The first kappa shape index (κ1) is 11.6. The Balaban J connectivity index is 2.53. The third-order valence-electron chi connectivity index (χ3n) is 2.16. The van der Waals surface area contributed by atoms with Crippen molar-refractivity contribution >= 4 is 11.8 Å². The van der Waals surface area contributed by atoms with Crippen molar-refractivity contribution < 1.29 is 5.11 Å². The van der Waals surface area contributed by atoms with E-state index in [4.69, 9.17) is 5.11 Å². The third kappa shape index (κ3) is 3.03. The van der Waals surface area contributed by atoms with Crippen molar-refractivity contribution in [2.75, 3.05) is 6.61 Å². The van der Waals surface area contributed by atoms with Crippen LogP contribution in [0, 0.1) is 0 Å². The lowest BCUT2D eigenvalue weighted by Gasteiger charge is -2.06. The number of thioether (sulfide) groups is 1. The second-order valence-corrected chi connectivity index (χ2v) is 4.84. The van der Waals surface area contributed by atoms with Gasteiger partial charge in [-0.15, -0.1) is 0 Å². The number of aliphatic hydroxyl groups is 1. The van der Waals surface area contributed by atoms with E-state index in [1.54, 1.807) is 11.8 Å². The molecule has 0 saturated heterocycles. The molecule has 80 valence electrons. The van der Waals surface area contributed by atoms with Crippen LogP contribution in [0.1, 0.15) is 25.2 Å². The molecule has 4 heteroatoms. The number of aliphatic hydroxyl groups excluding tert-OH is 1. The normalized spacial score (nSPS) is 13.1. The van der Waals surface area contributed by atoms with Crippen molar-refractivity contribution in [3.05, 3.63) is 17.5 Å². The molecule has 0 spiro atoms. The first-order valence-corrected chi connectivity index (χ1v) is 5.96. The zero-order valence-electron chi connectivity index (χ0n) is 9.03. The van der Waals surface area contributed by atoms with E-state index in [0.717, 1.165) is 17.9 Å². The maximum atomic E-state index is 8.89. The maximum Gasteiger partial charge on any atom is 0.0624 e. The van der Waals surface area contributed by atoms with Gasteiger partial charge in [-0.1, -0.05) is 13.8 Å². The summed E-state index contributed by atoms with van der Waals surface area (Å²) in [4.78, 5) is 0. The van der Waals surface area contributed by atoms with Gasteiger partial charge in [0.25, 0.3) is 0 Å². The Hall–Kier alpha value is -0.480. The number of hydrogen-bond donors (Lipinski definition) is 1. The molecule has 0 aliphatic heterocycles. The fourth-order valence-corrected chi connectivity index (χ4v) is 1.99. The number of rotatable bonds is 5. The summed E-state index contributed by atoms with van der Waals surface area (Å²) in [5, 5.41) is 13.6. The highest BCUT2D eigenvalue weighted by molar-refractivity contribution is 7.99. The Kier molecular flexibility index (Phi) is 4.48. The largest absolute Gasteiger partial charge is 0.395 e. The Morgan fingerprint density at radius 2 is 2.36 bits per heavy atom. The molecular weight excluding hydrogens is 196 g/mol. The van der Waals surface area contributed by atoms with Gasteiger partial charge in [0.2, 0.25) is 0 Å². The van der Waals surface area contributed by atoms with Crippen LogP contribution < -0.4 is 0 Å². The Morgan fingerprint density at radius 3 is 2.86 bits per heavy atom. The van der Waals surface area contributed by atoms with Gasteiger partial charge in [-0.05, 0) is 12.5 Å². The SMILES string of the molecule is CCc1cc(CSC(C)CO)n(C)n1. The number of hydrogen-bond acceptors (Lipinski definition) is 3. The molecule has 14 heavy (non-hydrogen) atoms. The lowest BCUT2D eigenvalue weighted by molar-refractivity contribution is 0.300. The van der Waals surface area contributed by atoms with Crippen molar-refractivity contribution in [1.82, 2.24) is 9.78 Å². The molecule has 0 aromatic carbocycles. The van der Waals surface area contributed by atoms with Gasteiger partial charge in [0, 0.05) is 23.7 Å². The van der Waals surface area contributed by atoms with Crippen LogP contribution in [0.2, 0.25) is 0 Å². The summed E-state index contributed by atoms with van der Waals surface area (Å²) in [5.74, 6) is 0.922. The average Bonchev–Trinajstić information content (AvgIpc) is 2.55. The standard InChI is InChI=1S/C10H18N2OS/c1-4-9-5-10(12(3)11-9)7-14-8(2)6-13/h5,8,13H,4,6-7H2,1-3H3. The third-order valence-corrected chi connectivity index (χ3v) is 3.34. The molecule has 0 saturated carbocycles. The van der Waals surface area contributed by atoms with Gasteiger partial charge in [0.1, 0.15) is 0 Å². The van der Waals surface area contributed by atoms with Crippen LogP contribution in [0.4, 0.5) is 0 Å². The highest BCUT2D eigenvalue weighted by atomic mass is 32.2. The van der Waals surface area contributed by atoms with Gasteiger partial charge >= 0.3 is 0 Å². The minimum Gasteiger partial charge on any atom is -0.395 e. The molecule has 0 bridgehead atoms. The second kappa shape index (κ2) is 5.41. The van der Waals surface area contributed by atoms with E-state index >= 15 is 0 Å². The molecule has 0 fully saturated rings. The van der Waals surface area contributed by atoms with Crippen LogP contribution in [-0.4, -0.2) is 26.7 Å². The molecule has 1 unspecified atom stereocenters. The maximum absolute atomic E-state index is 8.89. The predicted octanol–water partition coefficient (Wildman–Crippen LogP) is 1.60. The van der Waals surface area contributed by atoms with Crippen molar-refractivity contribution in [2.45, 2.75) is 31.3 Å². The number of aromatic nitrogens is 2. The molecular formula is C10H18N2OS. The first-order chi connectivity index (χ1) is 6.67. The predicted molar refractivity (Wildman–Crippen MR) is 60.4 cm³/mol. The van der Waals surface area contributed by atoms with Gasteiger partial charge in [-0.3, -0.25) is 4.68 Å². The second-order valence-electron chi connectivity index (χ2n) is 3.41. The number of aryl methyl sites for hydroxylation is 2. The van der Waals surface area contributed by atoms with Crippen molar-refractivity contribution in [2.24, 2.45) is 7.05 Å². The summed E-state index contributed by atoms with van der Waals surface area (Å²) in [6.07, 6.45) is 0.980. The zero-order chi connectivity index (χ0) is 10.6. The topological polar surface area (TPSA) is 38.0 Å². The van der Waals surface area contributed by atoms with E-state index in [9.17, 15) is 0 Å². The van der Waals surface area contributed by atoms with E-state index in [-0.39, 0.29) is 6.61 Å². The van der Waals surface area contributed by atoms with E-state index in [0.29, 0.717) is 5.25 Å². The average molecular weight is 214 g/mol. The van der Waals surface area contributed by atoms with E-state index in [1.807, 2.05) is 18.7 Å². The minimum atomic E-state index is 0.239. The molecule has 1 aromatic heterocycles. The van der Waals surface area contributed by atoms with Crippen LogP contribution in [0.15, 0.2) is 6.07 Å². The molecule has 3 nitrogen and oxygen atoms in total. The summed E-state index contributed by atoms with van der Waals surface area (Å²) in [6.45, 7) is 4.38. The van der Waals surface area contributed by atoms with Crippen molar-refractivity contribution in [3.8, 4) is 0 Å². The van der Waals surface area contributed by atoms with Crippen LogP contribution in [0.5, 0.6) is 0 Å². The van der Waals surface area contributed by atoms with E-state index < -0.39 is 0 Å². The summed E-state index contributed by atoms with van der Waals surface area (Å²) in [7, 11) is 1.97. The molecule has 1 N–H and O–H groups in total. The molecule has 1 rings (SSSR count). The van der Waals surface area contributed by atoms with Crippen LogP contribution >= 0.6 is 11.8 Å². The summed E-state index contributed by atoms with van der Waals surface area (Å²) in [5.41, 5.74) is 2.37. The van der Waals surface area contributed by atoms with Crippen LogP contribution in [0.25, 0.3) is 0 Å². The van der Waals surface area contributed by atoms with Gasteiger partial charge < -0.3 is 5.11 Å². The summed E-state index contributed by atoms with van der Waals surface area (Å²) in [6, 6.07) is 2.14. The molecule has 0 amide bonds. The zero-order valence-corrected chi connectivity index (χ0v) is 9.84. The first-order valence-electron chi connectivity index (χ1n) is 4.91. The molecule has 1 atom stereocenters. The van der Waals surface area contributed by atoms with Gasteiger partial charge in [-0.25, -0.2) is 0 Å². The Morgan fingerprint density at radius 1 is 1.64 bits per heavy atom. The molecule has 0 aliphatic rings. The van der Waals surface area contributed by atoms with Crippen molar-refractivity contribution in [3.63, 3.8) is 0 Å². The smallest absolute Gasteiger partial charge is 0.0624 e. The molecule has 1 aromatic rings. The molecule has 0 radical (unpaired) electrons. The Labute approximate surface area is 89.5 Å². The van der Waals surface area contributed by atoms with Crippen LogP contribution in [-0.2, 0) is 19.2 Å². The van der Waals surface area contributed by atoms with Crippen molar-refractivity contribution in [1.29, 1.82) is 0 Å². The number of nitrogens with zero attached hydrogens (tertiary/aromatic N) is 2. The highest BCUT2D eigenvalue weighted by Crippen LogP contribution is 2.17. The van der Waals surface area contributed by atoms with E-state index in [1.165, 1.54) is 5.69 Å². The summed E-state index contributed by atoms with van der Waals surface area (Å²) >= 11 is 1.76. The fraction of sp³-hybridized carbons (Fsp3) is 0.700. The van der Waals surface area contributed by atoms with E-state index in [2.05, 4.69) is 18.1 Å². The highest BCUT2D eigenvalue weighted by Gasteiger charge is 2.06. The monoisotopic (exact) mass is 214 g/mol.